The molecule has 1 heterocycles. The monoisotopic (exact) mass is 262 g/mol. The maximum Gasteiger partial charge on any atom is 0.0499 e. The second-order valence-corrected chi connectivity index (χ2v) is 5.82. The fourth-order valence-corrected chi connectivity index (χ4v) is 3.26. The van der Waals surface area contributed by atoms with Crippen LogP contribution in [0.4, 0.5) is 0 Å². The van der Waals surface area contributed by atoms with Gasteiger partial charge < -0.3 is 10.8 Å². The smallest absolute Gasteiger partial charge is 0.0499 e. The number of rotatable bonds is 5. The Hall–Kier alpha value is -0.900. The largest absolute Gasteiger partial charge is 0.396 e. The molecule has 0 amide bonds. The van der Waals surface area contributed by atoms with Crippen LogP contribution in [0.25, 0.3) is 0 Å². The van der Waals surface area contributed by atoms with E-state index >= 15 is 0 Å². The standard InChI is InChI=1S/C16H26N2O/c1-12-5-3-4-6-15(12)16(13(2)17)18-9-7-14(11-18)8-10-19/h3-6,13-14,16,19H,7-11,17H2,1-2H3. The van der Waals surface area contributed by atoms with Crippen LogP contribution in [0.1, 0.15) is 36.9 Å². The van der Waals surface area contributed by atoms with Crippen LogP contribution in [0.5, 0.6) is 0 Å². The Kier molecular flexibility index (Phi) is 4.97. The minimum Gasteiger partial charge on any atom is -0.396 e. The van der Waals surface area contributed by atoms with E-state index in [-0.39, 0.29) is 6.04 Å². The maximum absolute atomic E-state index is 9.08. The molecule has 0 spiro atoms. The third-order valence-corrected chi connectivity index (χ3v) is 4.25. The van der Waals surface area contributed by atoms with E-state index in [2.05, 4.69) is 43.0 Å². The number of aliphatic hydroxyl groups excluding tert-OH is 1. The van der Waals surface area contributed by atoms with Crippen molar-refractivity contribution < 1.29 is 5.11 Å². The average molecular weight is 262 g/mol. The van der Waals surface area contributed by atoms with Crippen molar-refractivity contribution >= 4 is 0 Å². The van der Waals surface area contributed by atoms with Gasteiger partial charge in [-0.2, -0.15) is 0 Å². The molecule has 3 N–H and O–H groups in total. The Bertz CT molecular complexity index is 405. The fraction of sp³-hybridized carbons (Fsp3) is 0.625. The van der Waals surface area contributed by atoms with E-state index in [4.69, 9.17) is 10.8 Å². The van der Waals surface area contributed by atoms with E-state index in [9.17, 15) is 0 Å². The summed E-state index contributed by atoms with van der Waals surface area (Å²) in [5.41, 5.74) is 8.91. The lowest BCUT2D eigenvalue weighted by Gasteiger charge is -2.32. The molecule has 1 aromatic carbocycles. The van der Waals surface area contributed by atoms with Crippen molar-refractivity contribution in [3.05, 3.63) is 35.4 Å². The van der Waals surface area contributed by atoms with Crippen molar-refractivity contribution in [2.75, 3.05) is 19.7 Å². The first-order valence-electron chi connectivity index (χ1n) is 7.29. The molecule has 3 nitrogen and oxygen atoms in total. The third kappa shape index (κ3) is 3.35. The molecule has 1 aliphatic rings. The average Bonchev–Trinajstić information content (AvgIpc) is 2.80. The highest BCUT2D eigenvalue weighted by Crippen LogP contribution is 2.32. The summed E-state index contributed by atoms with van der Waals surface area (Å²) in [6.07, 6.45) is 2.09. The maximum atomic E-state index is 9.08. The van der Waals surface area contributed by atoms with Gasteiger partial charge in [-0.3, -0.25) is 4.90 Å². The van der Waals surface area contributed by atoms with Crippen molar-refractivity contribution in [3.63, 3.8) is 0 Å². The molecule has 3 unspecified atom stereocenters. The number of likely N-dealkylation sites (tertiary alicyclic amines) is 1. The van der Waals surface area contributed by atoms with Crippen LogP contribution >= 0.6 is 0 Å². The van der Waals surface area contributed by atoms with Crippen molar-refractivity contribution in [3.8, 4) is 0 Å². The Morgan fingerprint density at radius 3 is 2.79 bits per heavy atom. The summed E-state index contributed by atoms with van der Waals surface area (Å²) < 4.78 is 0. The molecular formula is C16H26N2O. The van der Waals surface area contributed by atoms with Gasteiger partial charge in [0.1, 0.15) is 0 Å². The zero-order valence-corrected chi connectivity index (χ0v) is 12.0. The second kappa shape index (κ2) is 6.51. The van der Waals surface area contributed by atoms with Gasteiger partial charge in [-0.15, -0.1) is 0 Å². The van der Waals surface area contributed by atoms with Gasteiger partial charge in [0.2, 0.25) is 0 Å². The lowest BCUT2D eigenvalue weighted by Crippen LogP contribution is -2.38. The Labute approximate surface area is 116 Å². The fourth-order valence-electron chi connectivity index (χ4n) is 3.26. The summed E-state index contributed by atoms with van der Waals surface area (Å²) in [4.78, 5) is 2.49. The predicted molar refractivity (Wildman–Crippen MR) is 79.0 cm³/mol. The zero-order chi connectivity index (χ0) is 13.8. The molecule has 19 heavy (non-hydrogen) atoms. The van der Waals surface area contributed by atoms with Gasteiger partial charge >= 0.3 is 0 Å². The van der Waals surface area contributed by atoms with Crippen LogP contribution in [0.15, 0.2) is 24.3 Å². The molecule has 1 aliphatic heterocycles. The predicted octanol–water partition coefficient (Wildman–Crippen LogP) is 2.09. The molecule has 1 saturated heterocycles. The van der Waals surface area contributed by atoms with Crippen LogP contribution < -0.4 is 5.73 Å². The Morgan fingerprint density at radius 1 is 1.42 bits per heavy atom. The first-order chi connectivity index (χ1) is 9.13. The highest BCUT2D eigenvalue weighted by atomic mass is 16.3. The molecule has 3 heteroatoms. The van der Waals surface area contributed by atoms with E-state index in [0.717, 1.165) is 19.5 Å². The highest BCUT2D eigenvalue weighted by molar-refractivity contribution is 5.30. The number of benzene rings is 1. The first kappa shape index (κ1) is 14.5. The van der Waals surface area contributed by atoms with Crippen LogP contribution in [0.3, 0.4) is 0 Å². The third-order valence-electron chi connectivity index (χ3n) is 4.25. The van der Waals surface area contributed by atoms with E-state index in [1.807, 2.05) is 0 Å². The summed E-state index contributed by atoms with van der Waals surface area (Å²) in [6, 6.07) is 8.95. The lowest BCUT2D eigenvalue weighted by atomic mass is 9.95. The second-order valence-electron chi connectivity index (χ2n) is 5.82. The van der Waals surface area contributed by atoms with Gasteiger partial charge in [-0.25, -0.2) is 0 Å². The number of nitrogens with zero attached hydrogens (tertiary/aromatic N) is 1. The molecule has 3 atom stereocenters. The van der Waals surface area contributed by atoms with Crippen molar-refractivity contribution in [2.45, 2.75) is 38.8 Å². The van der Waals surface area contributed by atoms with E-state index in [0.29, 0.717) is 18.6 Å². The minimum atomic E-state index is 0.119. The van der Waals surface area contributed by atoms with Crippen LogP contribution in [0.2, 0.25) is 0 Å². The van der Waals surface area contributed by atoms with Crippen molar-refractivity contribution in [2.24, 2.45) is 11.7 Å². The number of hydrogen-bond donors (Lipinski definition) is 2. The van der Waals surface area contributed by atoms with Gasteiger partial charge in [0.25, 0.3) is 0 Å². The minimum absolute atomic E-state index is 0.119. The van der Waals surface area contributed by atoms with Crippen molar-refractivity contribution in [1.82, 2.24) is 4.90 Å². The van der Waals surface area contributed by atoms with Crippen molar-refractivity contribution in [1.29, 1.82) is 0 Å². The molecule has 0 bridgehead atoms. The first-order valence-corrected chi connectivity index (χ1v) is 7.29. The molecule has 1 aromatic rings. The zero-order valence-electron chi connectivity index (χ0n) is 12.0. The van der Waals surface area contributed by atoms with Gasteiger partial charge in [-0.05, 0) is 50.3 Å². The quantitative estimate of drug-likeness (QED) is 0.854. The molecule has 0 aromatic heterocycles. The highest BCUT2D eigenvalue weighted by Gasteiger charge is 2.31. The van der Waals surface area contributed by atoms with E-state index in [1.165, 1.54) is 17.5 Å². The number of nitrogens with two attached hydrogens (primary N) is 1. The van der Waals surface area contributed by atoms with Gasteiger partial charge in [-0.1, -0.05) is 24.3 Å². The number of aryl methyl sites for hydroxylation is 1. The SMILES string of the molecule is Cc1ccccc1C(C(C)N)N1CCC(CCO)C1. The summed E-state index contributed by atoms with van der Waals surface area (Å²) in [6.45, 7) is 6.69. The molecule has 2 rings (SSSR count). The molecule has 1 fully saturated rings. The summed E-state index contributed by atoms with van der Waals surface area (Å²) in [7, 11) is 0. The molecule has 0 aliphatic carbocycles. The van der Waals surface area contributed by atoms with Gasteiger partial charge in [0.15, 0.2) is 0 Å². The molecule has 106 valence electrons. The summed E-state index contributed by atoms with van der Waals surface area (Å²) in [5, 5.41) is 9.08. The Morgan fingerprint density at radius 2 is 2.16 bits per heavy atom. The number of aliphatic hydroxyl groups is 1. The normalized spacial score (nSPS) is 23.5. The summed E-state index contributed by atoms with van der Waals surface area (Å²) >= 11 is 0. The topological polar surface area (TPSA) is 49.5 Å². The number of hydrogen-bond acceptors (Lipinski definition) is 3. The van der Waals surface area contributed by atoms with E-state index in [1.54, 1.807) is 0 Å². The van der Waals surface area contributed by atoms with Crippen LogP contribution in [0, 0.1) is 12.8 Å². The van der Waals surface area contributed by atoms with Crippen LogP contribution in [-0.2, 0) is 0 Å². The van der Waals surface area contributed by atoms with Gasteiger partial charge in [0.05, 0.1) is 0 Å². The lowest BCUT2D eigenvalue weighted by molar-refractivity contribution is 0.200. The molecule has 0 radical (unpaired) electrons. The van der Waals surface area contributed by atoms with Crippen LogP contribution in [-0.4, -0.2) is 35.7 Å². The van der Waals surface area contributed by atoms with E-state index < -0.39 is 0 Å². The molecular weight excluding hydrogens is 236 g/mol. The molecule has 0 saturated carbocycles. The Balaban J connectivity index is 2.16. The van der Waals surface area contributed by atoms with Gasteiger partial charge in [0, 0.05) is 25.2 Å². The summed E-state index contributed by atoms with van der Waals surface area (Å²) in [5.74, 6) is 0.621.